The van der Waals surface area contributed by atoms with Crippen LogP contribution in [0.5, 0.6) is 0 Å². The van der Waals surface area contributed by atoms with E-state index in [1.54, 1.807) is 19.2 Å². The Morgan fingerprint density at radius 3 is 3.00 bits per heavy atom. The van der Waals surface area contributed by atoms with E-state index in [4.69, 9.17) is 4.74 Å². The molecule has 4 nitrogen and oxygen atoms in total. The Morgan fingerprint density at radius 1 is 1.47 bits per heavy atom. The highest BCUT2D eigenvalue weighted by Crippen LogP contribution is 2.30. The summed E-state index contributed by atoms with van der Waals surface area (Å²) in [5.41, 5.74) is 2.01. The summed E-state index contributed by atoms with van der Waals surface area (Å²) in [5, 5.41) is 0.604. The lowest BCUT2D eigenvalue weighted by atomic mass is 10.1. The molecular formula is C15H15NO3. The van der Waals surface area contributed by atoms with Crippen molar-refractivity contribution in [3.05, 3.63) is 45.7 Å². The Morgan fingerprint density at radius 2 is 2.26 bits per heavy atom. The smallest absolute Gasteiger partial charge is 0.343 e. The highest BCUT2D eigenvalue weighted by Gasteiger charge is 2.24. The summed E-state index contributed by atoms with van der Waals surface area (Å²) in [4.78, 5) is 24.2. The molecule has 3 rings (SSSR count). The Kier molecular flexibility index (Phi) is 2.66. The van der Waals surface area contributed by atoms with Crippen molar-refractivity contribution in [3.63, 3.8) is 0 Å². The van der Waals surface area contributed by atoms with Crippen molar-refractivity contribution in [2.45, 2.75) is 26.3 Å². The molecule has 0 saturated carbocycles. The maximum Gasteiger partial charge on any atom is 0.343 e. The van der Waals surface area contributed by atoms with E-state index in [0.717, 1.165) is 17.5 Å². The second-order valence-corrected chi connectivity index (χ2v) is 4.87. The van der Waals surface area contributed by atoms with E-state index in [0.29, 0.717) is 5.39 Å². The molecule has 1 aliphatic rings. The van der Waals surface area contributed by atoms with Gasteiger partial charge in [-0.1, -0.05) is 12.1 Å². The van der Waals surface area contributed by atoms with Gasteiger partial charge in [0.2, 0.25) is 5.43 Å². The van der Waals surface area contributed by atoms with Gasteiger partial charge in [-0.05, 0) is 31.9 Å². The number of aromatic nitrogens is 1. The monoisotopic (exact) mass is 257 g/mol. The summed E-state index contributed by atoms with van der Waals surface area (Å²) in [5.74, 6) is -0.539. The molecule has 1 aromatic carbocycles. The van der Waals surface area contributed by atoms with E-state index in [1.807, 2.05) is 16.7 Å². The molecule has 1 atom stereocenters. The van der Waals surface area contributed by atoms with Gasteiger partial charge in [0, 0.05) is 17.6 Å². The number of carbonyl (C=O) groups excluding carboxylic acids is 1. The highest BCUT2D eigenvalue weighted by atomic mass is 16.5. The summed E-state index contributed by atoms with van der Waals surface area (Å²) in [6, 6.07) is 5.94. The number of benzene rings is 1. The van der Waals surface area contributed by atoms with E-state index >= 15 is 0 Å². The van der Waals surface area contributed by atoms with Crippen molar-refractivity contribution in [1.29, 1.82) is 0 Å². The van der Waals surface area contributed by atoms with Gasteiger partial charge in [-0.3, -0.25) is 4.79 Å². The predicted octanol–water partition coefficient (Wildman–Crippen LogP) is 2.30. The van der Waals surface area contributed by atoms with Crippen molar-refractivity contribution in [3.8, 4) is 0 Å². The summed E-state index contributed by atoms with van der Waals surface area (Å²) in [7, 11) is 0. The van der Waals surface area contributed by atoms with E-state index in [2.05, 4.69) is 6.92 Å². The standard InChI is InChI=1S/C15H15NO3/c1-3-19-15(18)12-8-16-9(2)7-10-5-4-6-11(13(10)16)14(12)17/h4-6,8-9H,3,7H2,1-2H3/t9-/m1/s1. The fraction of sp³-hybridized carbons (Fsp3) is 0.333. The molecule has 19 heavy (non-hydrogen) atoms. The van der Waals surface area contributed by atoms with Crippen LogP contribution in [-0.2, 0) is 11.2 Å². The molecule has 1 aromatic heterocycles. The molecule has 0 fully saturated rings. The quantitative estimate of drug-likeness (QED) is 0.775. The summed E-state index contributed by atoms with van der Waals surface area (Å²) in [6.07, 6.45) is 2.53. The first-order valence-corrected chi connectivity index (χ1v) is 6.47. The van der Waals surface area contributed by atoms with Gasteiger partial charge in [-0.2, -0.15) is 0 Å². The normalized spacial score (nSPS) is 16.8. The molecular weight excluding hydrogens is 242 g/mol. The van der Waals surface area contributed by atoms with Crippen LogP contribution in [0.1, 0.15) is 35.8 Å². The average Bonchev–Trinajstić information content (AvgIpc) is 2.71. The van der Waals surface area contributed by atoms with Crippen molar-refractivity contribution < 1.29 is 9.53 Å². The van der Waals surface area contributed by atoms with Crippen LogP contribution < -0.4 is 5.43 Å². The molecule has 1 aliphatic heterocycles. The summed E-state index contributed by atoms with van der Waals surface area (Å²) < 4.78 is 6.97. The largest absolute Gasteiger partial charge is 0.462 e. The zero-order valence-electron chi connectivity index (χ0n) is 11.0. The molecule has 2 heterocycles. The van der Waals surface area contributed by atoms with Gasteiger partial charge in [-0.15, -0.1) is 0 Å². The molecule has 4 heteroatoms. The lowest BCUT2D eigenvalue weighted by Gasteiger charge is -2.11. The Hall–Kier alpha value is -2.10. The second-order valence-electron chi connectivity index (χ2n) is 4.87. The maximum absolute atomic E-state index is 12.4. The fourth-order valence-corrected chi connectivity index (χ4v) is 2.77. The Bertz CT molecular complexity index is 730. The highest BCUT2D eigenvalue weighted by molar-refractivity contribution is 5.95. The topological polar surface area (TPSA) is 48.3 Å². The third kappa shape index (κ3) is 1.67. The number of carbonyl (C=O) groups is 1. The van der Waals surface area contributed by atoms with Crippen LogP contribution in [0.2, 0.25) is 0 Å². The SMILES string of the molecule is CCOC(=O)c1cn2c3c(cccc3c1=O)C[C@H]2C. The molecule has 98 valence electrons. The van der Waals surface area contributed by atoms with E-state index in [9.17, 15) is 9.59 Å². The van der Waals surface area contributed by atoms with Gasteiger partial charge in [0.1, 0.15) is 5.56 Å². The summed E-state index contributed by atoms with van der Waals surface area (Å²) in [6.45, 7) is 4.08. The molecule has 0 amide bonds. The molecule has 2 aromatic rings. The van der Waals surface area contributed by atoms with Crippen molar-refractivity contribution in [2.24, 2.45) is 0 Å². The molecule has 0 N–H and O–H groups in total. The number of ether oxygens (including phenoxy) is 1. The molecule has 0 radical (unpaired) electrons. The fourth-order valence-electron chi connectivity index (χ4n) is 2.77. The predicted molar refractivity (Wildman–Crippen MR) is 72.6 cm³/mol. The number of para-hydroxylation sites is 1. The number of pyridine rings is 1. The maximum atomic E-state index is 12.4. The van der Waals surface area contributed by atoms with Gasteiger partial charge < -0.3 is 9.30 Å². The van der Waals surface area contributed by atoms with E-state index in [-0.39, 0.29) is 23.6 Å². The lowest BCUT2D eigenvalue weighted by Crippen LogP contribution is -2.20. The van der Waals surface area contributed by atoms with Crippen molar-refractivity contribution in [1.82, 2.24) is 4.57 Å². The molecule has 0 aliphatic carbocycles. The van der Waals surface area contributed by atoms with Crippen LogP contribution in [0.3, 0.4) is 0 Å². The van der Waals surface area contributed by atoms with Crippen LogP contribution in [0, 0.1) is 0 Å². The van der Waals surface area contributed by atoms with Crippen LogP contribution in [0.4, 0.5) is 0 Å². The van der Waals surface area contributed by atoms with Crippen molar-refractivity contribution >= 4 is 16.9 Å². The van der Waals surface area contributed by atoms with Gasteiger partial charge >= 0.3 is 5.97 Å². The molecule has 0 bridgehead atoms. The van der Waals surface area contributed by atoms with Gasteiger partial charge in [0.05, 0.1) is 12.1 Å². The van der Waals surface area contributed by atoms with Crippen LogP contribution in [-0.4, -0.2) is 17.1 Å². The van der Waals surface area contributed by atoms with Gasteiger partial charge in [-0.25, -0.2) is 4.79 Å². The number of rotatable bonds is 2. The van der Waals surface area contributed by atoms with Gasteiger partial charge in [0.25, 0.3) is 0 Å². The van der Waals surface area contributed by atoms with Crippen LogP contribution in [0.25, 0.3) is 10.9 Å². The Labute approximate surface area is 110 Å². The zero-order valence-corrected chi connectivity index (χ0v) is 11.0. The third-order valence-electron chi connectivity index (χ3n) is 3.62. The number of nitrogens with zero attached hydrogens (tertiary/aromatic N) is 1. The molecule has 0 saturated heterocycles. The minimum absolute atomic E-state index is 0.125. The first-order chi connectivity index (χ1) is 9.13. The van der Waals surface area contributed by atoms with E-state index < -0.39 is 5.97 Å². The zero-order chi connectivity index (χ0) is 13.6. The van der Waals surface area contributed by atoms with E-state index in [1.165, 1.54) is 0 Å². The minimum Gasteiger partial charge on any atom is -0.462 e. The Balaban J connectivity index is 2.33. The molecule has 0 unspecified atom stereocenters. The van der Waals surface area contributed by atoms with Crippen molar-refractivity contribution in [2.75, 3.05) is 6.61 Å². The number of hydrogen-bond acceptors (Lipinski definition) is 3. The van der Waals surface area contributed by atoms with Crippen LogP contribution in [0.15, 0.2) is 29.2 Å². The average molecular weight is 257 g/mol. The van der Waals surface area contributed by atoms with Gasteiger partial charge in [0.15, 0.2) is 0 Å². The number of esters is 1. The third-order valence-corrected chi connectivity index (χ3v) is 3.62. The first kappa shape index (κ1) is 12.0. The number of hydrogen-bond donors (Lipinski definition) is 0. The lowest BCUT2D eigenvalue weighted by molar-refractivity contribution is 0.0524. The first-order valence-electron chi connectivity index (χ1n) is 6.47. The van der Waals surface area contributed by atoms with Crippen LogP contribution >= 0.6 is 0 Å². The minimum atomic E-state index is -0.539. The summed E-state index contributed by atoms with van der Waals surface area (Å²) >= 11 is 0. The second kappa shape index (κ2) is 4.23. The molecule has 0 spiro atoms.